The van der Waals surface area contributed by atoms with Crippen LogP contribution in [0.1, 0.15) is 30.0 Å². The summed E-state index contributed by atoms with van der Waals surface area (Å²) >= 11 is 0. The molecule has 114 valence electrons. The molecule has 1 atom stereocenters. The van der Waals surface area contributed by atoms with Gasteiger partial charge in [0.25, 0.3) is 0 Å². The molecule has 3 heteroatoms. The van der Waals surface area contributed by atoms with Gasteiger partial charge in [-0.1, -0.05) is 30.3 Å². The first-order valence-corrected chi connectivity index (χ1v) is 8.00. The van der Waals surface area contributed by atoms with E-state index in [1.165, 1.54) is 16.7 Å². The minimum absolute atomic E-state index is 0.0836. The number of fused-ring (bicyclic) bond motifs is 1. The number of nitriles is 1. The van der Waals surface area contributed by atoms with E-state index in [4.69, 9.17) is 15.0 Å². The molecule has 0 aromatic heterocycles. The quantitative estimate of drug-likeness (QED) is 0.802. The van der Waals surface area contributed by atoms with Gasteiger partial charge in [0.2, 0.25) is 0 Å². The maximum atomic E-state index is 8.98. The number of ether oxygens (including phenoxy) is 1. The van der Waals surface area contributed by atoms with Gasteiger partial charge in [0, 0.05) is 13.3 Å². The highest BCUT2D eigenvalue weighted by Gasteiger charge is 2.39. The minimum Gasteiger partial charge on any atom is -0.479 e. The molecule has 2 aromatic carbocycles. The average molecular weight is 302 g/mol. The molecule has 23 heavy (non-hydrogen) atoms. The molecule has 0 bridgehead atoms. The third-order valence-electron chi connectivity index (χ3n) is 4.91. The largest absolute Gasteiger partial charge is 0.479 e. The van der Waals surface area contributed by atoms with Crippen molar-refractivity contribution in [2.75, 3.05) is 6.61 Å². The second kappa shape index (κ2) is 5.24. The van der Waals surface area contributed by atoms with Gasteiger partial charge in [-0.2, -0.15) is 5.26 Å². The SMILES string of the molecule is CC1=NC2(CCc3cccc(-c4ccc(C#N)cc4)c3C2)CO1. The van der Waals surface area contributed by atoms with Crippen molar-refractivity contribution in [1.82, 2.24) is 0 Å². The molecule has 1 aliphatic heterocycles. The van der Waals surface area contributed by atoms with Crippen LogP contribution < -0.4 is 0 Å². The van der Waals surface area contributed by atoms with Crippen LogP contribution in [0.4, 0.5) is 0 Å². The Morgan fingerprint density at radius 2 is 2.00 bits per heavy atom. The Labute approximate surface area is 136 Å². The van der Waals surface area contributed by atoms with Gasteiger partial charge in [-0.25, -0.2) is 4.99 Å². The third-order valence-corrected chi connectivity index (χ3v) is 4.91. The summed E-state index contributed by atoms with van der Waals surface area (Å²) in [4.78, 5) is 4.79. The number of aliphatic imine (C=N–C) groups is 1. The molecule has 1 heterocycles. The second-order valence-corrected chi connectivity index (χ2v) is 6.45. The number of aryl methyl sites for hydroxylation is 1. The molecule has 0 N–H and O–H groups in total. The molecule has 0 saturated carbocycles. The van der Waals surface area contributed by atoms with Crippen LogP contribution in [0.5, 0.6) is 0 Å². The van der Waals surface area contributed by atoms with Crippen molar-refractivity contribution in [1.29, 1.82) is 5.26 Å². The molecule has 1 aliphatic carbocycles. The lowest BCUT2D eigenvalue weighted by Crippen LogP contribution is -2.35. The zero-order chi connectivity index (χ0) is 15.9. The number of benzene rings is 2. The molecule has 3 nitrogen and oxygen atoms in total. The van der Waals surface area contributed by atoms with E-state index in [0.717, 1.165) is 30.7 Å². The van der Waals surface area contributed by atoms with E-state index >= 15 is 0 Å². The van der Waals surface area contributed by atoms with Crippen LogP contribution in [0.15, 0.2) is 47.5 Å². The van der Waals surface area contributed by atoms with E-state index in [9.17, 15) is 0 Å². The summed E-state index contributed by atoms with van der Waals surface area (Å²) in [5, 5.41) is 8.98. The minimum atomic E-state index is -0.0836. The third kappa shape index (κ3) is 2.41. The van der Waals surface area contributed by atoms with Crippen molar-refractivity contribution in [2.45, 2.75) is 31.7 Å². The molecule has 1 spiro atoms. The molecule has 0 amide bonds. The highest BCUT2D eigenvalue weighted by Crippen LogP contribution is 2.39. The fourth-order valence-corrected chi connectivity index (χ4v) is 3.71. The zero-order valence-corrected chi connectivity index (χ0v) is 13.2. The number of hydrogen-bond acceptors (Lipinski definition) is 3. The zero-order valence-electron chi connectivity index (χ0n) is 13.2. The Kier molecular flexibility index (Phi) is 3.20. The van der Waals surface area contributed by atoms with Crippen LogP contribution in [-0.2, 0) is 17.6 Å². The molecule has 0 fully saturated rings. The van der Waals surface area contributed by atoms with Crippen molar-refractivity contribution in [3.63, 3.8) is 0 Å². The van der Waals surface area contributed by atoms with Crippen molar-refractivity contribution >= 4 is 5.90 Å². The van der Waals surface area contributed by atoms with Gasteiger partial charge < -0.3 is 4.74 Å². The predicted molar refractivity (Wildman–Crippen MR) is 90.4 cm³/mol. The summed E-state index contributed by atoms with van der Waals surface area (Å²) in [6.07, 6.45) is 3.02. The summed E-state index contributed by atoms with van der Waals surface area (Å²) in [5.74, 6) is 0.810. The smallest absolute Gasteiger partial charge is 0.180 e. The van der Waals surface area contributed by atoms with Gasteiger partial charge in [-0.15, -0.1) is 0 Å². The Bertz CT molecular complexity index is 830. The summed E-state index contributed by atoms with van der Waals surface area (Å²) in [5.41, 5.74) is 5.82. The predicted octanol–water partition coefficient (Wildman–Crippen LogP) is 3.90. The Morgan fingerprint density at radius 3 is 2.70 bits per heavy atom. The van der Waals surface area contributed by atoms with Crippen LogP contribution >= 0.6 is 0 Å². The highest BCUT2D eigenvalue weighted by atomic mass is 16.5. The van der Waals surface area contributed by atoms with Crippen molar-refractivity contribution in [3.8, 4) is 17.2 Å². The summed E-state index contributed by atoms with van der Waals surface area (Å²) in [6, 6.07) is 16.5. The molecule has 2 aliphatic rings. The van der Waals surface area contributed by atoms with Gasteiger partial charge in [-0.3, -0.25) is 0 Å². The lowest BCUT2D eigenvalue weighted by Gasteiger charge is -2.32. The topological polar surface area (TPSA) is 45.4 Å². The van der Waals surface area contributed by atoms with E-state index in [1.807, 2.05) is 31.2 Å². The van der Waals surface area contributed by atoms with Gasteiger partial charge in [0.05, 0.1) is 11.6 Å². The van der Waals surface area contributed by atoms with Gasteiger partial charge >= 0.3 is 0 Å². The number of rotatable bonds is 1. The molecule has 4 rings (SSSR count). The highest BCUT2D eigenvalue weighted by molar-refractivity contribution is 5.76. The maximum Gasteiger partial charge on any atom is 0.180 e. The Balaban J connectivity index is 1.77. The van der Waals surface area contributed by atoms with Gasteiger partial charge in [0.1, 0.15) is 12.1 Å². The van der Waals surface area contributed by atoms with Crippen LogP contribution in [-0.4, -0.2) is 18.0 Å². The molecule has 0 saturated heterocycles. The fraction of sp³-hybridized carbons (Fsp3) is 0.300. The summed E-state index contributed by atoms with van der Waals surface area (Å²) in [7, 11) is 0. The number of nitrogens with zero attached hydrogens (tertiary/aromatic N) is 2. The Morgan fingerprint density at radius 1 is 1.17 bits per heavy atom. The van der Waals surface area contributed by atoms with E-state index < -0.39 is 0 Å². The molecule has 1 unspecified atom stereocenters. The van der Waals surface area contributed by atoms with Gasteiger partial charge in [-0.05, 0) is 47.2 Å². The van der Waals surface area contributed by atoms with Crippen molar-refractivity contribution in [2.24, 2.45) is 4.99 Å². The van der Waals surface area contributed by atoms with Crippen molar-refractivity contribution < 1.29 is 4.74 Å². The first kappa shape index (κ1) is 14.0. The summed E-state index contributed by atoms with van der Waals surface area (Å²) in [6.45, 7) is 2.64. The average Bonchev–Trinajstić information content (AvgIpc) is 2.95. The van der Waals surface area contributed by atoms with E-state index in [0.29, 0.717) is 12.2 Å². The summed E-state index contributed by atoms with van der Waals surface area (Å²) < 4.78 is 5.65. The molecule has 2 aromatic rings. The van der Waals surface area contributed by atoms with Crippen LogP contribution in [0.2, 0.25) is 0 Å². The van der Waals surface area contributed by atoms with E-state index in [-0.39, 0.29) is 5.54 Å². The monoisotopic (exact) mass is 302 g/mol. The first-order valence-electron chi connectivity index (χ1n) is 8.00. The van der Waals surface area contributed by atoms with Crippen LogP contribution in [0.25, 0.3) is 11.1 Å². The lowest BCUT2D eigenvalue weighted by molar-refractivity contribution is 0.236. The lowest BCUT2D eigenvalue weighted by atomic mass is 9.76. The normalized spacial score (nSPS) is 22.2. The molecular formula is C20H18N2O. The number of hydrogen-bond donors (Lipinski definition) is 0. The van der Waals surface area contributed by atoms with E-state index in [1.54, 1.807) is 0 Å². The molecular weight excluding hydrogens is 284 g/mol. The fourth-order valence-electron chi connectivity index (χ4n) is 3.71. The maximum absolute atomic E-state index is 8.98. The first-order chi connectivity index (χ1) is 11.2. The second-order valence-electron chi connectivity index (χ2n) is 6.45. The standard InChI is InChI=1S/C20H18N2O/c1-14-22-20(13-23-14)10-9-16-3-2-4-18(19(16)11-20)17-7-5-15(12-21)6-8-17/h2-8H,9-11,13H2,1H3. The van der Waals surface area contributed by atoms with Crippen molar-refractivity contribution in [3.05, 3.63) is 59.2 Å². The Hall–Kier alpha value is -2.60. The van der Waals surface area contributed by atoms with E-state index in [2.05, 4.69) is 24.3 Å². The van der Waals surface area contributed by atoms with Gasteiger partial charge in [0.15, 0.2) is 5.90 Å². The van der Waals surface area contributed by atoms with Crippen LogP contribution in [0.3, 0.4) is 0 Å². The molecule has 0 radical (unpaired) electrons. The van der Waals surface area contributed by atoms with Crippen LogP contribution in [0, 0.1) is 11.3 Å².